The second-order valence-corrected chi connectivity index (χ2v) is 5.15. The number of aromatic amines is 1. The standard InChI is InChI=1S/C12H22N2S/c1-3-7-12-13-8-10-14(12)9-5-6-11-15-4-2/h8,10H,3-7,9,11H2,1-2H3/p+1. The molecule has 0 aliphatic carbocycles. The number of aryl methyl sites for hydroxylation is 2. The van der Waals surface area contributed by atoms with Gasteiger partial charge in [-0.15, -0.1) is 0 Å². The van der Waals surface area contributed by atoms with Crippen LogP contribution in [0.5, 0.6) is 0 Å². The van der Waals surface area contributed by atoms with Gasteiger partial charge in [0.15, 0.2) is 0 Å². The van der Waals surface area contributed by atoms with Crippen molar-refractivity contribution in [1.29, 1.82) is 0 Å². The van der Waals surface area contributed by atoms with Gasteiger partial charge >= 0.3 is 0 Å². The van der Waals surface area contributed by atoms with Crippen molar-refractivity contribution in [3.05, 3.63) is 18.2 Å². The minimum atomic E-state index is 1.16. The molecular weight excluding hydrogens is 204 g/mol. The molecule has 0 aliphatic heterocycles. The van der Waals surface area contributed by atoms with Gasteiger partial charge < -0.3 is 0 Å². The third-order valence-electron chi connectivity index (χ3n) is 2.48. The number of imidazole rings is 1. The molecule has 15 heavy (non-hydrogen) atoms. The van der Waals surface area contributed by atoms with Gasteiger partial charge in [0, 0.05) is 6.42 Å². The zero-order valence-corrected chi connectivity index (χ0v) is 10.8. The van der Waals surface area contributed by atoms with E-state index < -0.39 is 0 Å². The first kappa shape index (κ1) is 12.6. The van der Waals surface area contributed by atoms with E-state index in [0.717, 1.165) is 6.42 Å². The molecule has 0 saturated heterocycles. The molecule has 0 radical (unpaired) electrons. The van der Waals surface area contributed by atoms with Crippen molar-refractivity contribution < 1.29 is 4.57 Å². The summed E-state index contributed by atoms with van der Waals surface area (Å²) in [6.07, 6.45) is 9.22. The zero-order chi connectivity index (χ0) is 10.9. The lowest BCUT2D eigenvalue weighted by Crippen LogP contribution is -2.36. The molecule has 2 nitrogen and oxygen atoms in total. The van der Waals surface area contributed by atoms with Crippen LogP contribution in [0.1, 0.15) is 38.9 Å². The summed E-state index contributed by atoms with van der Waals surface area (Å²) in [6.45, 7) is 5.62. The highest BCUT2D eigenvalue weighted by Gasteiger charge is 2.07. The summed E-state index contributed by atoms with van der Waals surface area (Å²) in [5.74, 6) is 3.93. The van der Waals surface area contributed by atoms with E-state index in [0.29, 0.717) is 0 Å². The average molecular weight is 227 g/mol. The number of hydrogen-bond donors (Lipinski definition) is 1. The number of hydrogen-bond acceptors (Lipinski definition) is 1. The van der Waals surface area contributed by atoms with E-state index >= 15 is 0 Å². The Bertz CT molecular complexity index is 258. The molecule has 0 spiro atoms. The molecule has 0 aromatic carbocycles. The normalized spacial score (nSPS) is 10.8. The Kier molecular flexibility index (Phi) is 6.57. The molecule has 0 unspecified atom stereocenters. The number of unbranched alkanes of at least 4 members (excludes halogenated alkanes) is 1. The van der Waals surface area contributed by atoms with Crippen LogP contribution in [-0.4, -0.2) is 16.5 Å². The van der Waals surface area contributed by atoms with E-state index in [-0.39, 0.29) is 0 Å². The maximum Gasteiger partial charge on any atom is 0.254 e. The Morgan fingerprint density at radius 2 is 2.20 bits per heavy atom. The highest BCUT2D eigenvalue weighted by atomic mass is 32.2. The van der Waals surface area contributed by atoms with Crippen molar-refractivity contribution in [2.45, 2.75) is 46.1 Å². The van der Waals surface area contributed by atoms with Crippen LogP contribution in [-0.2, 0) is 13.0 Å². The van der Waals surface area contributed by atoms with Gasteiger partial charge in [0.25, 0.3) is 5.82 Å². The molecule has 3 heteroatoms. The van der Waals surface area contributed by atoms with Gasteiger partial charge in [0.1, 0.15) is 12.4 Å². The van der Waals surface area contributed by atoms with Crippen molar-refractivity contribution in [3.8, 4) is 0 Å². The molecule has 0 fully saturated rings. The average Bonchev–Trinajstić information content (AvgIpc) is 2.66. The minimum absolute atomic E-state index is 1.16. The highest BCUT2D eigenvalue weighted by Crippen LogP contribution is 2.03. The molecule has 0 saturated carbocycles. The van der Waals surface area contributed by atoms with Crippen molar-refractivity contribution >= 4 is 11.8 Å². The lowest BCUT2D eigenvalue weighted by atomic mass is 10.3. The zero-order valence-electron chi connectivity index (χ0n) is 9.96. The minimum Gasteiger partial charge on any atom is -0.248 e. The quantitative estimate of drug-likeness (QED) is 0.535. The number of nitrogens with one attached hydrogen (secondary N) is 1. The van der Waals surface area contributed by atoms with Gasteiger partial charge in [-0.2, -0.15) is 11.8 Å². The molecule has 0 amide bonds. The first-order valence-electron chi connectivity index (χ1n) is 6.02. The van der Waals surface area contributed by atoms with Crippen LogP contribution in [0.15, 0.2) is 12.4 Å². The van der Waals surface area contributed by atoms with Gasteiger partial charge in [-0.05, 0) is 30.8 Å². The Balaban J connectivity index is 2.21. The van der Waals surface area contributed by atoms with Crippen molar-refractivity contribution in [3.63, 3.8) is 0 Å². The first-order valence-corrected chi connectivity index (χ1v) is 7.17. The van der Waals surface area contributed by atoms with Crippen molar-refractivity contribution in [2.24, 2.45) is 0 Å². The van der Waals surface area contributed by atoms with Gasteiger partial charge in [0.05, 0.1) is 6.54 Å². The fourth-order valence-electron chi connectivity index (χ4n) is 1.69. The predicted octanol–water partition coefficient (Wildman–Crippen LogP) is 2.79. The maximum absolute atomic E-state index is 3.32. The van der Waals surface area contributed by atoms with Crippen LogP contribution in [0.4, 0.5) is 0 Å². The van der Waals surface area contributed by atoms with E-state index in [1.165, 1.54) is 43.1 Å². The number of aromatic nitrogens is 2. The van der Waals surface area contributed by atoms with Crippen LogP contribution in [0, 0.1) is 0 Å². The lowest BCUT2D eigenvalue weighted by molar-refractivity contribution is -0.703. The Labute approximate surface area is 97.5 Å². The summed E-state index contributed by atoms with van der Waals surface area (Å²) in [5.41, 5.74) is 0. The Hall–Kier alpha value is -0.440. The third kappa shape index (κ3) is 4.74. The van der Waals surface area contributed by atoms with Crippen LogP contribution in [0.25, 0.3) is 0 Å². The number of H-pyrrole nitrogens is 1. The summed E-state index contributed by atoms with van der Waals surface area (Å²) in [5, 5.41) is 0. The van der Waals surface area contributed by atoms with E-state index in [1.54, 1.807) is 0 Å². The monoisotopic (exact) mass is 227 g/mol. The number of thioether (sulfide) groups is 1. The van der Waals surface area contributed by atoms with Crippen LogP contribution in [0.2, 0.25) is 0 Å². The van der Waals surface area contributed by atoms with Crippen LogP contribution >= 0.6 is 11.8 Å². The van der Waals surface area contributed by atoms with Gasteiger partial charge in [-0.1, -0.05) is 13.8 Å². The fourth-order valence-corrected chi connectivity index (χ4v) is 2.39. The summed E-state index contributed by atoms with van der Waals surface area (Å²) in [4.78, 5) is 3.32. The molecule has 1 N–H and O–H groups in total. The molecule has 0 atom stereocenters. The topological polar surface area (TPSA) is 19.7 Å². The third-order valence-corrected chi connectivity index (χ3v) is 3.47. The van der Waals surface area contributed by atoms with E-state index in [4.69, 9.17) is 0 Å². The molecule has 1 heterocycles. The number of rotatable bonds is 8. The second-order valence-electron chi connectivity index (χ2n) is 3.75. The van der Waals surface area contributed by atoms with E-state index in [2.05, 4.69) is 29.6 Å². The van der Waals surface area contributed by atoms with Gasteiger partial charge in [0.2, 0.25) is 0 Å². The summed E-state index contributed by atoms with van der Waals surface area (Å²) in [7, 11) is 0. The number of nitrogens with zero attached hydrogens (tertiary/aromatic N) is 1. The maximum atomic E-state index is 3.32. The lowest BCUT2D eigenvalue weighted by Gasteiger charge is -2.00. The van der Waals surface area contributed by atoms with E-state index in [1.807, 2.05) is 18.0 Å². The molecule has 0 bridgehead atoms. The van der Waals surface area contributed by atoms with Crippen LogP contribution < -0.4 is 4.57 Å². The molecule has 86 valence electrons. The molecule has 1 aromatic rings. The SMILES string of the molecule is CCCc1[nH]cc[n+]1CCCCSCC. The van der Waals surface area contributed by atoms with Gasteiger partial charge in [-0.3, -0.25) is 0 Å². The highest BCUT2D eigenvalue weighted by molar-refractivity contribution is 7.99. The fraction of sp³-hybridized carbons (Fsp3) is 0.750. The Morgan fingerprint density at radius 1 is 1.33 bits per heavy atom. The molecular formula is C12H23N2S+. The summed E-state index contributed by atoms with van der Waals surface area (Å²) >= 11 is 2.04. The Morgan fingerprint density at radius 3 is 2.93 bits per heavy atom. The second kappa shape index (κ2) is 7.80. The molecule has 1 aromatic heterocycles. The van der Waals surface area contributed by atoms with Gasteiger partial charge in [-0.25, -0.2) is 9.55 Å². The first-order chi connectivity index (χ1) is 7.38. The predicted molar refractivity (Wildman–Crippen MR) is 67.2 cm³/mol. The summed E-state index contributed by atoms with van der Waals surface area (Å²) < 4.78 is 2.36. The largest absolute Gasteiger partial charge is 0.254 e. The summed E-state index contributed by atoms with van der Waals surface area (Å²) in [6, 6.07) is 0. The molecule has 1 rings (SSSR count). The van der Waals surface area contributed by atoms with Crippen LogP contribution in [0.3, 0.4) is 0 Å². The smallest absolute Gasteiger partial charge is 0.248 e. The van der Waals surface area contributed by atoms with E-state index in [9.17, 15) is 0 Å². The van der Waals surface area contributed by atoms with Crippen molar-refractivity contribution in [2.75, 3.05) is 11.5 Å². The van der Waals surface area contributed by atoms with Crippen molar-refractivity contribution in [1.82, 2.24) is 4.98 Å². The molecule has 0 aliphatic rings.